The van der Waals surface area contributed by atoms with Crippen LogP contribution in [0.5, 0.6) is 0 Å². The second-order valence-electron chi connectivity index (χ2n) is 2.64. The topological polar surface area (TPSA) is 69.6 Å². The first-order valence-corrected chi connectivity index (χ1v) is 3.79. The number of nitrogens with zero attached hydrogens (tertiary/aromatic N) is 4. The summed E-state index contributed by atoms with van der Waals surface area (Å²) in [5.74, 6) is -4.50. The van der Waals surface area contributed by atoms with Gasteiger partial charge >= 0.3 is 0 Å². The summed E-state index contributed by atoms with van der Waals surface area (Å²) in [6.07, 6.45) is 0. The summed E-state index contributed by atoms with van der Waals surface area (Å²) in [5.41, 5.74) is 4.92. The fourth-order valence-corrected chi connectivity index (χ4v) is 1.04. The van der Waals surface area contributed by atoms with Crippen molar-refractivity contribution in [3.8, 4) is 5.69 Å². The van der Waals surface area contributed by atoms with Gasteiger partial charge in [-0.3, -0.25) is 0 Å². The van der Waals surface area contributed by atoms with E-state index in [0.717, 1.165) is 16.8 Å². The SMILES string of the molecule is Nc1nnnn1-c1ccc(F)c(F)c1F. The minimum Gasteiger partial charge on any atom is -0.366 e. The maximum atomic E-state index is 13.2. The Bertz CT molecular complexity index is 509. The van der Waals surface area contributed by atoms with Crippen LogP contribution in [0.4, 0.5) is 19.1 Å². The monoisotopic (exact) mass is 215 g/mol. The number of tetrazole rings is 1. The van der Waals surface area contributed by atoms with Crippen molar-refractivity contribution in [2.24, 2.45) is 0 Å². The second-order valence-corrected chi connectivity index (χ2v) is 2.64. The highest BCUT2D eigenvalue weighted by Gasteiger charge is 2.17. The number of benzene rings is 1. The standard InChI is InChI=1S/C7H4F3N5/c8-3-1-2-4(6(10)5(3)9)15-7(11)12-13-14-15/h1-2H,(H2,11,12,14). The summed E-state index contributed by atoms with van der Waals surface area (Å²) in [6.45, 7) is 0. The van der Waals surface area contributed by atoms with E-state index in [4.69, 9.17) is 5.73 Å². The molecule has 0 saturated carbocycles. The predicted octanol–water partition coefficient (Wildman–Crippen LogP) is 0.662. The molecule has 1 aromatic heterocycles. The van der Waals surface area contributed by atoms with Crippen molar-refractivity contribution in [1.29, 1.82) is 0 Å². The summed E-state index contributed by atoms with van der Waals surface area (Å²) in [6, 6.07) is 1.75. The van der Waals surface area contributed by atoms with Crippen LogP contribution in [0.1, 0.15) is 0 Å². The number of halogens is 3. The fourth-order valence-electron chi connectivity index (χ4n) is 1.04. The molecule has 0 unspecified atom stereocenters. The summed E-state index contributed by atoms with van der Waals surface area (Å²) < 4.78 is 39.4. The van der Waals surface area contributed by atoms with Crippen molar-refractivity contribution >= 4 is 5.95 Å². The van der Waals surface area contributed by atoms with Crippen molar-refractivity contribution in [2.45, 2.75) is 0 Å². The maximum absolute atomic E-state index is 13.2. The van der Waals surface area contributed by atoms with Gasteiger partial charge in [-0.1, -0.05) is 5.10 Å². The molecular weight excluding hydrogens is 211 g/mol. The van der Waals surface area contributed by atoms with E-state index in [9.17, 15) is 13.2 Å². The molecule has 15 heavy (non-hydrogen) atoms. The Morgan fingerprint density at radius 1 is 1.13 bits per heavy atom. The van der Waals surface area contributed by atoms with Crippen molar-refractivity contribution in [2.75, 3.05) is 5.73 Å². The van der Waals surface area contributed by atoms with Gasteiger partial charge in [-0.05, 0) is 22.6 Å². The lowest BCUT2D eigenvalue weighted by atomic mass is 10.3. The number of nitrogens with two attached hydrogens (primary N) is 1. The number of hydrogen-bond donors (Lipinski definition) is 1. The molecule has 1 aromatic carbocycles. The van der Waals surface area contributed by atoms with Crippen LogP contribution in [0.2, 0.25) is 0 Å². The van der Waals surface area contributed by atoms with Crippen LogP contribution in [-0.2, 0) is 0 Å². The van der Waals surface area contributed by atoms with E-state index in [1.54, 1.807) is 0 Å². The van der Waals surface area contributed by atoms with Gasteiger partial charge in [0.05, 0.1) is 0 Å². The third kappa shape index (κ3) is 1.39. The van der Waals surface area contributed by atoms with Crippen molar-refractivity contribution < 1.29 is 13.2 Å². The van der Waals surface area contributed by atoms with Crippen LogP contribution < -0.4 is 5.73 Å². The molecule has 0 saturated heterocycles. The van der Waals surface area contributed by atoms with Gasteiger partial charge in [0, 0.05) is 0 Å². The second kappa shape index (κ2) is 3.23. The first-order chi connectivity index (χ1) is 7.11. The number of rotatable bonds is 1. The number of hydrogen-bond acceptors (Lipinski definition) is 4. The quantitative estimate of drug-likeness (QED) is 0.709. The van der Waals surface area contributed by atoms with Crippen LogP contribution in [-0.4, -0.2) is 20.2 Å². The third-order valence-electron chi connectivity index (χ3n) is 1.74. The molecule has 0 aliphatic carbocycles. The molecule has 1 heterocycles. The number of nitrogen functional groups attached to an aromatic ring is 1. The molecule has 0 atom stereocenters. The lowest BCUT2D eigenvalue weighted by Gasteiger charge is -2.03. The van der Waals surface area contributed by atoms with E-state index >= 15 is 0 Å². The molecule has 2 N–H and O–H groups in total. The van der Waals surface area contributed by atoms with Crippen LogP contribution in [0.15, 0.2) is 12.1 Å². The normalized spacial score (nSPS) is 10.6. The Balaban J connectivity index is 2.65. The maximum Gasteiger partial charge on any atom is 0.245 e. The molecule has 0 radical (unpaired) electrons. The van der Waals surface area contributed by atoms with E-state index < -0.39 is 17.5 Å². The summed E-state index contributed by atoms with van der Waals surface area (Å²) in [5, 5.41) is 9.75. The van der Waals surface area contributed by atoms with Gasteiger partial charge in [0.2, 0.25) is 5.95 Å². The van der Waals surface area contributed by atoms with Gasteiger partial charge in [-0.25, -0.2) is 13.2 Å². The molecule has 2 rings (SSSR count). The van der Waals surface area contributed by atoms with Gasteiger partial charge in [0.15, 0.2) is 17.5 Å². The van der Waals surface area contributed by atoms with E-state index in [2.05, 4.69) is 15.5 Å². The molecule has 0 aliphatic heterocycles. The summed E-state index contributed by atoms with van der Waals surface area (Å²) in [7, 11) is 0. The zero-order valence-corrected chi connectivity index (χ0v) is 7.15. The van der Waals surface area contributed by atoms with Crippen LogP contribution >= 0.6 is 0 Å². The zero-order valence-electron chi connectivity index (χ0n) is 7.15. The predicted molar refractivity (Wildman–Crippen MR) is 43.4 cm³/mol. The molecule has 0 bridgehead atoms. The first kappa shape index (κ1) is 9.44. The highest BCUT2D eigenvalue weighted by Crippen LogP contribution is 2.19. The molecule has 0 spiro atoms. The molecule has 2 aromatic rings. The van der Waals surface area contributed by atoms with Gasteiger partial charge in [0.1, 0.15) is 5.69 Å². The zero-order chi connectivity index (χ0) is 11.0. The molecule has 0 amide bonds. The average Bonchev–Trinajstić information content (AvgIpc) is 2.62. The van der Waals surface area contributed by atoms with Crippen molar-refractivity contribution in [3.63, 3.8) is 0 Å². The van der Waals surface area contributed by atoms with Crippen LogP contribution in [0.3, 0.4) is 0 Å². The minimum absolute atomic E-state index is 0.222. The lowest BCUT2D eigenvalue weighted by molar-refractivity contribution is 0.443. The smallest absolute Gasteiger partial charge is 0.245 e. The average molecular weight is 215 g/mol. The minimum atomic E-state index is -1.60. The molecule has 0 fully saturated rings. The largest absolute Gasteiger partial charge is 0.366 e. The summed E-state index contributed by atoms with van der Waals surface area (Å²) >= 11 is 0. The first-order valence-electron chi connectivity index (χ1n) is 3.79. The Labute approximate surface area is 81.3 Å². The molecule has 8 heteroatoms. The van der Waals surface area contributed by atoms with Crippen molar-refractivity contribution in [1.82, 2.24) is 20.2 Å². The van der Waals surface area contributed by atoms with Gasteiger partial charge < -0.3 is 5.73 Å². The number of anilines is 1. The molecule has 78 valence electrons. The highest BCUT2D eigenvalue weighted by atomic mass is 19.2. The van der Waals surface area contributed by atoms with E-state index in [0.29, 0.717) is 0 Å². The lowest BCUT2D eigenvalue weighted by Crippen LogP contribution is -2.07. The number of aromatic nitrogens is 4. The van der Waals surface area contributed by atoms with Crippen LogP contribution in [0, 0.1) is 17.5 Å². The van der Waals surface area contributed by atoms with Crippen molar-refractivity contribution in [3.05, 3.63) is 29.6 Å². The highest BCUT2D eigenvalue weighted by molar-refractivity contribution is 5.38. The molecule has 5 nitrogen and oxygen atoms in total. The summed E-state index contributed by atoms with van der Waals surface area (Å²) in [4.78, 5) is 0. The molecule has 0 aliphatic rings. The third-order valence-corrected chi connectivity index (χ3v) is 1.74. The van der Waals surface area contributed by atoms with E-state index in [1.807, 2.05) is 0 Å². The van der Waals surface area contributed by atoms with Gasteiger partial charge in [-0.15, -0.1) is 0 Å². The van der Waals surface area contributed by atoms with Gasteiger partial charge in [-0.2, -0.15) is 4.68 Å². The Kier molecular flexibility index (Phi) is 2.03. The Morgan fingerprint density at radius 3 is 2.47 bits per heavy atom. The fraction of sp³-hybridized carbons (Fsp3) is 0. The van der Waals surface area contributed by atoms with Gasteiger partial charge in [0.25, 0.3) is 0 Å². The molecular formula is C7H4F3N5. The van der Waals surface area contributed by atoms with Crippen LogP contribution in [0.25, 0.3) is 5.69 Å². The Morgan fingerprint density at radius 2 is 1.87 bits per heavy atom. The Hall–Kier alpha value is -2.12. The van der Waals surface area contributed by atoms with E-state index in [-0.39, 0.29) is 11.6 Å². The van der Waals surface area contributed by atoms with E-state index in [1.165, 1.54) is 0 Å².